The summed E-state index contributed by atoms with van der Waals surface area (Å²) in [6, 6.07) is 0. The average Bonchev–Trinajstić information content (AvgIpc) is 2.28. The lowest BCUT2D eigenvalue weighted by Gasteiger charge is -2.32. The minimum atomic E-state index is -0.228. The van der Waals surface area contributed by atoms with Gasteiger partial charge in [0, 0.05) is 24.9 Å². The predicted octanol–water partition coefficient (Wildman–Crippen LogP) is 1.15. The Kier molecular flexibility index (Phi) is 4.77. The number of likely N-dealkylation sites (tertiary alicyclic amines) is 1. The molecule has 1 saturated heterocycles. The van der Waals surface area contributed by atoms with Crippen LogP contribution in [-0.4, -0.2) is 29.8 Å². The molecule has 1 fully saturated rings. The molecule has 1 aliphatic rings. The van der Waals surface area contributed by atoms with Crippen LogP contribution in [0.4, 0.5) is 0 Å². The minimum Gasteiger partial charge on any atom is -0.369 e. The lowest BCUT2D eigenvalue weighted by Crippen LogP contribution is -2.43. The van der Waals surface area contributed by atoms with E-state index in [0.29, 0.717) is 13.1 Å². The summed E-state index contributed by atoms with van der Waals surface area (Å²) in [6.45, 7) is 5.43. The zero-order chi connectivity index (χ0) is 12.1. The minimum absolute atomic E-state index is 0.0365. The first-order chi connectivity index (χ1) is 7.56. The van der Waals surface area contributed by atoms with E-state index in [-0.39, 0.29) is 23.7 Å². The van der Waals surface area contributed by atoms with Gasteiger partial charge in [-0.2, -0.15) is 0 Å². The SMILES string of the molecule is CCCC(C)C(=O)N1CCC(C(N)=O)CC1. The van der Waals surface area contributed by atoms with E-state index >= 15 is 0 Å². The molecule has 1 unspecified atom stereocenters. The summed E-state index contributed by atoms with van der Waals surface area (Å²) in [5.74, 6) is 0.0686. The summed E-state index contributed by atoms with van der Waals surface area (Å²) >= 11 is 0. The molecule has 0 spiro atoms. The van der Waals surface area contributed by atoms with Gasteiger partial charge in [0.1, 0.15) is 0 Å². The number of nitrogens with zero attached hydrogens (tertiary/aromatic N) is 1. The van der Waals surface area contributed by atoms with Gasteiger partial charge in [0.05, 0.1) is 0 Å². The highest BCUT2D eigenvalue weighted by molar-refractivity contribution is 5.80. The van der Waals surface area contributed by atoms with Crippen LogP contribution in [0.25, 0.3) is 0 Å². The second-order valence-corrected chi connectivity index (χ2v) is 4.69. The van der Waals surface area contributed by atoms with Gasteiger partial charge in [0.25, 0.3) is 0 Å². The molecule has 0 radical (unpaired) electrons. The summed E-state index contributed by atoms with van der Waals surface area (Å²) in [7, 11) is 0. The zero-order valence-electron chi connectivity index (χ0n) is 10.2. The fourth-order valence-corrected chi connectivity index (χ4v) is 2.25. The summed E-state index contributed by atoms with van der Waals surface area (Å²) in [5.41, 5.74) is 5.25. The molecule has 0 aromatic rings. The Morgan fingerprint density at radius 2 is 1.94 bits per heavy atom. The van der Waals surface area contributed by atoms with Crippen LogP contribution in [0.3, 0.4) is 0 Å². The van der Waals surface area contributed by atoms with E-state index in [2.05, 4.69) is 6.92 Å². The number of rotatable bonds is 4. The van der Waals surface area contributed by atoms with Crippen molar-refractivity contribution in [3.05, 3.63) is 0 Å². The van der Waals surface area contributed by atoms with Crippen molar-refractivity contribution >= 4 is 11.8 Å². The monoisotopic (exact) mass is 226 g/mol. The Bertz CT molecular complexity index is 258. The largest absolute Gasteiger partial charge is 0.369 e. The standard InChI is InChI=1S/C12H22N2O2/c1-3-4-9(2)12(16)14-7-5-10(6-8-14)11(13)15/h9-10H,3-8H2,1-2H3,(H2,13,15). The van der Waals surface area contributed by atoms with E-state index in [1.165, 1.54) is 0 Å². The van der Waals surface area contributed by atoms with Gasteiger partial charge >= 0.3 is 0 Å². The van der Waals surface area contributed by atoms with Gasteiger partial charge < -0.3 is 10.6 Å². The van der Waals surface area contributed by atoms with Crippen LogP contribution in [0.5, 0.6) is 0 Å². The number of hydrogen-bond acceptors (Lipinski definition) is 2. The normalized spacial score (nSPS) is 19.5. The van der Waals surface area contributed by atoms with Crippen LogP contribution in [0.2, 0.25) is 0 Å². The van der Waals surface area contributed by atoms with Gasteiger partial charge in [-0.25, -0.2) is 0 Å². The molecule has 0 aromatic heterocycles. The lowest BCUT2D eigenvalue weighted by molar-refractivity contribution is -0.138. The third-order valence-electron chi connectivity index (χ3n) is 3.35. The van der Waals surface area contributed by atoms with Crippen molar-refractivity contribution in [3.8, 4) is 0 Å². The molecule has 4 nitrogen and oxygen atoms in total. The molecule has 92 valence electrons. The zero-order valence-corrected chi connectivity index (χ0v) is 10.2. The van der Waals surface area contributed by atoms with E-state index in [1.807, 2.05) is 11.8 Å². The number of amides is 2. The maximum absolute atomic E-state index is 12.0. The summed E-state index contributed by atoms with van der Waals surface area (Å²) in [6.07, 6.45) is 3.42. The predicted molar refractivity (Wildman–Crippen MR) is 62.6 cm³/mol. The molecule has 1 atom stereocenters. The number of carbonyl (C=O) groups is 2. The lowest BCUT2D eigenvalue weighted by atomic mass is 9.95. The molecule has 2 amide bonds. The highest BCUT2D eigenvalue weighted by Crippen LogP contribution is 2.19. The quantitative estimate of drug-likeness (QED) is 0.781. The van der Waals surface area contributed by atoms with Crippen molar-refractivity contribution in [2.75, 3.05) is 13.1 Å². The van der Waals surface area contributed by atoms with Crippen LogP contribution in [-0.2, 0) is 9.59 Å². The number of nitrogens with two attached hydrogens (primary N) is 1. The van der Waals surface area contributed by atoms with E-state index < -0.39 is 0 Å². The fourth-order valence-electron chi connectivity index (χ4n) is 2.25. The summed E-state index contributed by atoms with van der Waals surface area (Å²) < 4.78 is 0. The molecular weight excluding hydrogens is 204 g/mol. The van der Waals surface area contributed by atoms with Crippen LogP contribution in [0, 0.1) is 11.8 Å². The number of primary amides is 1. The molecule has 0 aliphatic carbocycles. The first-order valence-electron chi connectivity index (χ1n) is 6.14. The van der Waals surface area contributed by atoms with Gasteiger partial charge in [-0.05, 0) is 19.3 Å². The first-order valence-corrected chi connectivity index (χ1v) is 6.14. The third-order valence-corrected chi connectivity index (χ3v) is 3.35. The molecule has 4 heteroatoms. The maximum Gasteiger partial charge on any atom is 0.225 e. The summed E-state index contributed by atoms with van der Waals surface area (Å²) in [4.78, 5) is 24.8. The number of carbonyl (C=O) groups excluding carboxylic acids is 2. The van der Waals surface area contributed by atoms with Gasteiger partial charge in [0.15, 0.2) is 0 Å². The molecule has 1 aliphatic heterocycles. The Hall–Kier alpha value is -1.06. The number of piperidine rings is 1. The van der Waals surface area contributed by atoms with E-state index in [1.54, 1.807) is 0 Å². The van der Waals surface area contributed by atoms with Crippen molar-refractivity contribution in [2.24, 2.45) is 17.6 Å². The molecular formula is C12H22N2O2. The number of hydrogen-bond donors (Lipinski definition) is 1. The molecule has 0 aromatic carbocycles. The average molecular weight is 226 g/mol. The Morgan fingerprint density at radius 1 is 1.38 bits per heavy atom. The Labute approximate surface area is 97.2 Å². The molecule has 0 bridgehead atoms. The van der Waals surface area contributed by atoms with Crippen LogP contribution < -0.4 is 5.73 Å². The molecule has 16 heavy (non-hydrogen) atoms. The van der Waals surface area contributed by atoms with Crippen molar-refractivity contribution < 1.29 is 9.59 Å². The van der Waals surface area contributed by atoms with E-state index in [4.69, 9.17) is 5.73 Å². The highest BCUT2D eigenvalue weighted by atomic mass is 16.2. The molecule has 1 heterocycles. The van der Waals surface area contributed by atoms with Crippen molar-refractivity contribution in [1.29, 1.82) is 0 Å². The maximum atomic E-state index is 12.0. The van der Waals surface area contributed by atoms with Crippen LogP contribution in [0.15, 0.2) is 0 Å². The van der Waals surface area contributed by atoms with Gasteiger partial charge in [-0.1, -0.05) is 20.3 Å². The van der Waals surface area contributed by atoms with Gasteiger partial charge in [0.2, 0.25) is 11.8 Å². The Morgan fingerprint density at radius 3 is 2.38 bits per heavy atom. The summed E-state index contributed by atoms with van der Waals surface area (Å²) in [5, 5.41) is 0. The van der Waals surface area contributed by atoms with Crippen LogP contribution >= 0.6 is 0 Å². The smallest absolute Gasteiger partial charge is 0.225 e. The molecule has 0 saturated carbocycles. The molecule has 2 N–H and O–H groups in total. The van der Waals surface area contributed by atoms with Crippen molar-refractivity contribution in [2.45, 2.75) is 39.5 Å². The van der Waals surface area contributed by atoms with E-state index in [9.17, 15) is 9.59 Å². The Balaban J connectivity index is 2.41. The topological polar surface area (TPSA) is 63.4 Å². The van der Waals surface area contributed by atoms with Crippen molar-refractivity contribution in [3.63, 3.8) is 0 Å². The van der Waals surface area contributed by atoms with Gasteiger partial charge in [-0.15, -0.1) is 0 Å². The first kappa shape index (κ1) is 13.0. The fraction of sp³-hybridized carbons (Fsp3) is 0.833. The second kappa shape index (κ2) is 5.87. The molecule has 1 rings (SSSR count). The highest BCUT2D eigenvalue weighted by Gasteiger charge is 2.27. The second-order valence-electron chi connectivity index (χ2n) is 4.69. The van der Waals surface area contributed by atoms with Crippen LogP contribution in [0.1, 0.15) is 39.5 Å². The van der Waals surface area contributed by atoms with Gasteiger partial charge in [-0.3, -0.25) is 9.59 Å². The van der Waals surface area contributed by atoms with Crippen molar-refractivity contribution in [1.82, 2.24) is 4.90 Å². The van der Waals surface area contributed by atoms with E-state index in [0.717, 1.165) is 25.7 Å². The third kappa shape index (κ3) is 3.22.